The van der Waals surface area contributed by atoms with E-state index in [4.69, 9.17) is 0 Å². The molecule has 0 heterocycles. The lowest BCUT2D eigenvalue weighted by Crippen LogP contribution is -2.33. The molecule has 4 nitrogen and oxygen atoms in total. The van der Waals surface area contributed by atoms with Crippen LogP contribution in [0.1, 0.15) is 0 Å². The summed E-state index contributed by atoms with van der Waals surface area (Å²) in [5, 5.41) is 11.2. The maximum atomic E-state index is 11.2. The van der Waals surface area contributed by atoms with Gasteiger partial charge in [-0.1, -0.05) is 54.6 Å². The highest BCUT2D eigenvalue weighted by atomic mass is 16.6. The molecule has 0 saturated heterocycles. The summed E-state index contributed by atoms with van der Waals surface area (Å²) >= 11 is 0. The number of non-ortho nitro benzene ring substituents is 1. The summed E-state index contributed by atoms with van der Waals surface area (Å²) in [5.74, 6) is 0. The van der Waals surface area contributed by atoms with E-state index in [0.29, 0.717) is 4.48 Å². The zero-order valence-corrected chi connectivity index (χ0v) is 15.2. The van der Waals surface area contributed by atoms with Crippen molar-refractivity contribution in [1.82, 2.24) is 4.48 Å². The number of nitro groups is 1. The number of nitrogens with zero attached hydrogens (tertiary/aromatic N) is 2. The Morgan fingerprint density at radius 3 is 1.14 bits per heavy atom. The second-order valence-electron chi connectivity index (χ2n) is 6.45. The first-order valence-electron chi connectivity index (χ1n) is 9.04. The topological polar surface area (TPSA) is 43.1 Å². The van der Waals surface area contributed by atoms with E-state index in [9.17, 15) is 10.1 Å². The van der Waals surface area contributed by atoms with Gasteiger partial charge < -0.3 is 0 Å². The summed E-state index contributed by atoms with van der Waals surface area (Å²) in [6, 6.07) is 37.4. The largest absolute Gasteiger partial charge is 0.269 e. The number of nitro benzene ring substituents is 1. The van der Waals surface area contributed by atoms with Crippen LogP contribution < -0.4 is 4.48 Å². The first-order valence-corrected chi connectivity index (χ1v) is 9.04. The third-order valence-corrected chi connectivity index (χ3v) is 4.88. The zero-order chi connectivity index (χ0) is 19.4. The lowest BCUT2D eigenvalue weighted by atomic mass is 10.1. The highest BCUT2D eigenvalue weighted by Gasteiger charge is 2.39. The summed E-state index contributed by atoms with van der Waals surface area (Å²) in [5.41, 5.74) is 4.15. The SMILES string of the molecule is O=[N+]([O-])c1ccc([N+](c2ccccc2)(c2ccccc2)c2ccccc2)cc1. The summed E-state index contributed by atoms with van der Waals surface area (Å²) in [4.78, 5) is 10.8. The van der Waals surface area contributed by atoms with Gasteiger partial charge in [0, 0.05) is 60.7 Å². The molecule has 0 spiro atoms. The number of quaternary nitrogens is 1. The van der Waals surface area contributed by atoms with E-state index in [0.717, 1.165) is 22.7 Å². The fourth-order valence-electron chi connectivity index (χ4n) is 3.65. The number of para-hydroxylation sites is 3. The maximum absolute atomic E-state index is 11.2. The first kappa shape index (κ1) is 17.6. The molecular weight excluding hydrogens is 348 g/mol. The molecule has 0 saturated carbocycles. The van der Waals surface area contributed by atoms with Crippen LogP contribution >= 0.6 is 0 Å². The molecule has 4 rings (SSSR count). The highest BCUT2D eigenvalue weighted by Crippen LogP contribution is 2.51. The van der Waals surface area contributed by atoms with Crippen LogP contribution in [0.3, 0.4) is 0 Å². The van der Waals surface area contributed by atoms with E-state index in [2.05, 4.69) is 36.4 Å². The van der Waals surface area contributed by atoms with Crippen LogP contribution in [0.4, 0.5) is 28.4 Å². The number of rotatable bonds is 5. The molecule has 0 aliphatic heterocycles. The van der Waals surface area contributed by atoms with Gasteiger partial charge in [0.2, 0.25) is 0 Å². The standard InChI is InChI=1S/C24H19N2O2/c27-25(28)20-16-18-24(19-17-20)26(21-10-4-1-5-11-21,22-12-6-2-7-13-22)23-14-8-3-9-15-23/h1-19H/q+1. The van der Waals surface area contributed by atoms with E-state index in [-0.39, 0.29) is 10.6 Å². The highest BCUT2D eigenvalue weighted by molar-refractivity contribution is 5.81. The van der Waals surface area contributed by atoms with Crippen molar-refractivity contribution in [3.8, 4) is 0 Å². The van der Waals surface area contributed by atoms with Crippen LogP contribution in [0.2, 0.25) is 0 Å². The fraction of sp³-hybridized carbons (Fsp3) is 0. The average molecular weight is 367 g/mol. The molecule has 0 bridgehead atoms. The number of hydrogen-bond acceptors (Lipinski definition) is 2. The van der Waals surface area contributed by atoms with Crippen molar-refractivity contribution >= 4 is 28.4 Å². The molecule has 0 radical (unpaired) electrons. The Kier molecular flexibility index (Phi) is 4.70. The zero-order valence-electron chi connectivity index (χ0n) is 15.2. The smallest absolute Gasteiger partial charge is 0.258 e. The summed E-state index contributed by atoms with van der Waals surface area (Å²) in [7, 11) is 0. The van der Waals surface area contributed by atoms with Crippen LogP contribution in [0.25, 0.3) is 0 Å². The van der Waals surface area contributed by atoms with Crippen molar-refractivity contribution in [2.75, 3.05) is 0 Å². The normalized spacial score (nSPS) is 11.1. The quantitative estimate of drug-likeness (QED) is 0.219. The van der Waals surface area contributed by atoms with Gasteiger partial charge >= 0.3 is 0 Å². The molecule has 0 amide bonds. The van der Waals surface area contributed by atoms with Crippen molar-refractivity contribution in [1.29, 1.82) is 0 Å². The molecule has 0 N–H and O–H groups in total. The molecule has 28 heavy (non-hydrogen) atoms. The van der Waals surface area contributed by atoms with Crippen LogP contribution in [-0.4, -0.2) is 4.92 Å². The molecule has 4 heteroatoms. The minimum absolute atomic E-state index is 0.0797. The van der Waals surface area contributed by atoms with Crippen molar-refractivity contribution in [2.45, 2.75) is 0 Å². The van der Waals surface area contributed by atoms with Gasteiger partial charge in [-0.2, -0.15) is 4.48 Å². The van der Waals surface area contributed by atoms with Crippen molar-refractivity contribution in [3.63, 3.8) is 0 Å². The molecule has 4 aromatic rings. The van der Waals surface area contributed by atoms with Crippen molar-refractivity contribution < 1.29 is 4.92 Å². The molecule has 4 aromatic carbocycles. The Bertz CT molecular complexity index is 967. The van der Waals surface area contributed by atoms with Gasteiger partial charge in [-0.15, -0.1) is 0 Å². The van der Waals surface area contributed by atoms with Gasteiger partial charge in [-0.05, 0) is 0 Å². The Hall–Kier alpha value is -3.76. The Morgan fingerprint density at radius 2 is 0.821 bits per heavy atom. The third-order valence-electron chi connectivity index (χ3n) is 4.88. The first-order chi connectivity index (χ1) is 13.7. The monoisotopic (exact) mass is 367 g/mol. The van der Waals surface area contributed by atoms with Crippen LogP contribution in [-0.2, 0) is 0 Å². The Labute approximate surface area is 163 Å². The maximum Gasteiger partial charge on any atom is 0.269 e. The predicted molar refractivity (Wildman–Crippen MR) is 113 cm³/mol. The molecule has 136 valence electrons. The molecule has 0 aromatic heterocycles. The Balaban J connectivity index is 2.08. The van der Waals surface area contributed by atoms with E-state index in [1.807, 2.05) is 66.7 Å². The van der Waals surface area contributed by atoms with Gasteiger partial charge in [-0.3, -0.25) is 10.1 Å². The van der Waals surface area contributed by atoms with Gasteiger partial charge in [0.15, 0.2) is 0 Å². The predicted octanol–water partition coefficient (Wildman–Crippen LogP) is 6.90. The summed E-state index contributed by atoms with van der Waals surface area (Å²) in [6.45, 7) is 0. The van der Waals surface area contributed by atoms with Crippen molar-refractivity contribution in [3.05, 3.63) is 125 Å². The van der Waals surface area contributed by atoms with Crippen LogP contribution in [0.5, 0.6) is 0 Å². The molecule has 0 atom stereocenters. The molecular formula is C24H19N2O2+. The minimum Gasteiger partial charge on any atom is -0.258 e. The minimum atomic E-state index is -0.369. The number of benzene rings is 4. The second kappa shape index (κ2) is 7.47. The van der Waals surface area contributed by atoms with E-state index >= 15 is 0 Å². The van der Waals surface area contributed by atoms with Crippen LogP contribution in [0, 0.1) is 10.1 Å². The van der Waals surface area contributed by atoms with Crippen molar-refractivity contribution in [2.24, 2.45) is 0 Å². The summed E-state index contributed by atoms with van der Waals surface area (Å²) in [6.07, 6.45) is 0. The average Bonchev–Trinajstić information content (AvgIpc) is 2.77. The lowest BCUT2D eigenvalue weighted by Gasteiger charge is -2.36. The van der Waals surface area contributed by atoms with Gasteiger partial charge in [0.05, 0.1) is 4.92 Å². The van der Waals surface area contributed by atoms with Gasteiger partial charge in [-0.25, -0.2) is 0 Å². The van der Waals surface area contributed by atoms with Gasteiger partial charge in [0.1, 0.15) is 22.7 Å². The van der Waals surface area contributed by atoms with Crippen LogP contribution in [0.15, 0.2) is 115 Å². The van der Waals surface area contributed by atoms with E-state index in [1.54, 1.807) is 12.1 Å². The summed E-state index contributed by atoms with van der Waals surface area (Å²) < 4.78 is 0.334. The molecule has 0 unspecified atom stereocenters. The fourth-order valence-corrected chi connectivity index (χ4v) is 3.65. The molecule has 0 aliphatic carbocycles. The Morgan fingerprint density at radius 1 is 0.500 bits per heavy atom. The number of hydrogen-bond donors (Lipinski definition) is 0. The molecule has 0 fully saturated rings. The second-order valence-corrected chi connectivity index (χ2v) is 6.45. The third kappa shape index (κ3) is 2.96. The molecule has 0 aliphatic rings. The van der Waals surface area contributed by atoms with E-state index < -0.39 is 0 Å². The lowest BCUT2D eigenvalue weighted by molar-refractivity contribution is -0.384. The van der Waals surface area contributed by atoms with E-state index in [1.165, 1.54) is 0 Å². The van der Waals surface area contributed by atoms with Gasteiger partial charge in [0.25, 0.3) is 5.69 Å².